The summed E-state index contributed by atoms with van der Waals surface area (Å²) in [5.74, 6) is -0.314. The van der Waals surface area contributed by atoms with E-state index < -0.39 is 0 Å². The second kappa shape index (κ2) is 5.16. The SMILES string of the molecule is O=C(CI)NCc1cccc(F)c1. The van der Waals surface area contributed by atoms with E-state index in [1.54, 1.807) is 12.1 Å². The summed E-state index contributed by atoms with van der Waals surface area (Å²) in [7, 11) is 0. The van der Waals surface area contributed by atoms with E-state index in [-0.39, 0.29) is 11.7 Å². The van der Waals surface area contributed by atoms with Crippen molar-refractivity contribution < 1.29 is 9.18 Å². The lowest BCUT2D eigenvalue weighted by molar-refractivity contribution is -0.118. The Balaban J connectivity index is 2.50. The van der Waals surface area contributed by atoms with Gasteiger partial charge >= 0.3 is 0 Å². The Bertz CT molecular complexity index is 303. The number of hydrogen-bond acceptors (Lipinski definition) is 1. The van der Waals surface area contributed by atoms with E-state index in [1.807, 2.05) is 22.6 Å². The first-order valence-electron chi connectivity index (χ1n) is 3.79. The molecule has 70 valence electrons. The van der Waals surface area contributed by atoms with Crippen LogP contribution in [0.4, 0.5) is 4.39 Å². The Morgan fingerprint density at radius 1 is 1.54 bits per heavy atom. The van der Waals surface area contributed by atoms with Crippen LogP contribution in [0.3, 0.4) is 0 Å². The molecule has 13 heavy (non-hydrogen) atoms. The van der Waals surface area contributed by atoms with Gasteiger partial charge in [0.05, 0.1) is 4.43 Å². The van der Waals surface area contributed by atoms with Crippen LogP contribution in [0.15, 0.2) is 24.3 Å². The van der Waals surface area contributed by atoms with Crippen LogP contribution in [0.2, 0.25) is 0 Å². The molecule has 0 saturated heterocycles. The molecular formula is C9H9FINO. The van der Waals surface area contributed by atoms with Crippen LogP contribution in [-0.2, 0) is 11.3 Å². The Kier molecular flexibility index (Phi) is 4.14. The number of amides is 1. The first-order valence-corrected chi connectivity index (χ1v) is 5.32. The van der Waals surface area contributed by atoms with Crippen molar-refractivity contribution in [3.63, 3.8) is 0 Å². The van der Waals surface area contributed by atoms with Crippen molar-refractivity contribution in [2.75, 3.05) is 4.43 Å². The van der Waals surface area contributed by atoms with Gasteiger partial charge in [0.2, 0.25) is 5.91 Å². The molecule has 2 nitrogen and oxygen atoms in total. The highest BCUT2D eigenvalue weighted by atomic mass is 127. The summed E-state index contributed by atoms with van der Waals surface area (Å²) in [6.45, 7) is 0.388. The van der Waals surface area contributed by atoms with Gasteiger partial charge in [0, 0.05) is 6.54 Å². The molecule has 4 heteroatoms. The molecule has 0 unspecified atom stereocenters. The number of halogens is 2. The second-order valence-corrected chi connectivity index (χ2v) is 3.30. The Labute approximate surface area is 89.7 Å². The van der Waals surface area contributed by atoms with Gasteiger partial charge in [-0.3, -0.25) is 4.79 Å². The lowest BCUT2D eigenvalue weighted by Gasteiger charge is -2.02. The highest BCUT2D eigenvalue weighted by Crippen LogP contribution is 2.02. The number of carbonyl (C=O) groups is 1. The Morgan fingerprint density at radius 2 is 2.31 bits per heavy atom. The van der Waals surface area contributed by atoms with Gasteiger partial charge in [-0.05, 0) is 17.7 Å². The number of rotatable bonds is 3. The third-order valence-electron chi connectivity index (χ3n) is 1.50. The standard InChI is InChI=1S/C9H9FINO/c10-8-3-1-2-7(4-8)6-12-9(13)5-11/h1-4H,5-6H2,(H,12,13). The van der Waals surface area contributed by atoms with Gasteiger partial charge in [0.1, 0.15) is 5.82 Å². The molecule has 0 aliphatic carbocycles. The first kappa shape index (κ1) is 10.4. The summed E-state index contributed by atoms with van der Waals surface area (Å²) >= 11 is 1.98. The van der Waals surface area contributed by atoms with Crippen LogP contribution in [0.25, 0.3) is 0 Å². The smallest absolute Gasteiger partial charge is 0.230 e. The van der Waals surface area contributed by atoms with Gasteiger partial charge in [-0.1, -0.05) is 34.7 Å². The van der Waals surface area contributed by atoms with Crippen molar-refractivity contribution >= 4 is 28.5 Å². The monoisotopic (exact) mass is 293 g/mol. The topological polar surface area (TPSA) is 29.1 Å². The van der Waals surface area contributed by atoms with E-state index in [4.69, 9.17) is 0 Å². The molecule has 1 N–H and O–H groups in total. The van der Waals surface area contributed by atoms with E-state index >= 15 is 0 Å². The maximum absolute atomic E-state index is 12.7. The molecule has 0 spiro atoms. The van der Waals surface area contributed by atoms with Crippen molar-refractivity contribution in [1.29, 1.82) is 0 Å². The fraction of sp³-hybridized carbons (Fsp3) is 0.222. The zero-order valence-corrected chi connectivity index (χ0v) is 9.05. The minimum absolute atomic E-state index is 0.0372. The van der Waals surface area contributed by atoms with Crippen molar-refractivity contribution in [3.05, 3.63) is 35.6 Å². The molecule has 0 radical (unpaired) electrons. The molecule has 0 fully saturated rings. The lowest BCUT2D eigenvalue weighted by Crippen LogP contribution is -2.23. The van der Waals surface area contributed by atoms with Crippen molar-refractivity contribution in [1.82, 2.24) is 5.32 Å². The van der Waals surface area contributed by atoms with E-state index in [0.29, 0.717) is 11.0 Å². The summed E-state index contributed by atoms with van der Waals surface area (Å²) in [5.41, 5.74) is 0.776. The van der Waals surface area contributed by atoms with Crippen LogP contribution >= 0.6 is 22.6 Å². The maximum atomic E-state index is 12.7. The third-order valence-corrected chi connectivity index (χ3v) is 2.19. The molecule has 0 saturated carbocycles. The van der Waals surface area contributed by atoms with Crippen LogP contribution in [-0.4, -0.2) is 10.3 Å². The number of nitrogens with one attached hydrogen (secondary N) is 1. The Morgan fingerprint density at radius 3 is 2.92 bits per heavy atom. The fourth-order valence-corrected chi connectivity index (χ4v) is 1.16. The first-order chi connectivity index (χ1) is 6.22. The third kappa shape index (κ3) is 3.71. The summed E-state index contributed by atoms with van der Waals surface area (Å²) in [6.07, 6.45) is 0. The van der Waals surface area contributed by atoms with Crippen molar-refractivity contribution in [2.24, 2.45) is 0 Å². The predicted molar refractivity (Wildman–Crippen MR) is 57.1 cm³/mol. The average molecular weight is 293 g/mol. The number of carbonyl (C=O) groups excluding carboxylic acids is 1. The van der Waals surface area contributed by atoms with Gasteiger partial charge in [0.25, 0.3) is 0 Å². The van der Waals surface area contributed by atoms with Gasteiger partial charge in [-0.25, -0.2) is 4.39 Å². The average Bonchev–Trinajstić information content (AvgIpc) is 2.14. The van der Waals surface area contributed by atoms with E-state index in [2.05, 4.69) is 5.32 Å². The maximum Gasteiger partial charge on any atom is 0.230 e. The van der Waals surface area contributed by atoms with Gasteiger partial charge in [0.15, 0.2) is 0 Å². The summed E-state index contributed by atoms with van der Waals surface area (Å²) < 4.78 is 13.1. The predicted octanol–water partition coefficient (Wildman–Crippen LogP) is 1.88. The van der Waals surface area contributed by atoms with Crippen LogP contribution in [0.1, 0.15) is 5.56 Å². The molecule has 0 atom stereocenters. The Hall–Kier alpha value is -0.650. The summed E-state index contributed by atoms with van der Waals surface area (Å²) in [4.78, 5) is 10.9. The lowest BCUT2D eigenvalue weighted by atomic mass is 10.2. The highest BCUT2D eigenvalue weighted by Gasteiger charge is 1.98. The van der Waals surface area contributed by atoms with Gasteiger partial charge in [-0.2, -0.15) is 0 Å². The largest absolute Gasteiger partial charge is 0.351 e. The second-order valence-electron chi connectivity index (χ2n) is 2.54. The van der Waals surface area contributed by atoms with E-state index in [0.717, 1.165) is 5.56 Å². The molecule has 1 aromatic rings. The van der Waals surface area contributed by atoms with E-state index in [9.17, 15) is 9.18 Å². The molecule has 0 aliphatic rings. The number of hydrogen-bond donors (Lipinski definition) is 1. The fourth-order valence-electron chi connectivity index (χ4n) is 0.895. The van der Waals surface area contributed by atoms with Gasteiger partial charge < -0.3 is 5.32 Å². The zero-order valence-electron chi connectivity index (χ0n) is 6.89. The minimum Gasteiger partial charge on any atom is -0.351 e. The van der Waals surface area contributed by atoms with Crippen LogP contribution < -0.4 is 5.32 Å². The molecule has 0 aliphatic heterocycles. The molecule has 0 aromatic heterocycles. The molecule has 1 rings (SSSR count). The minimum atomic E-state index is -0.277. The van der Waals surface area contributed by atoms with Gasteiger partial charge in [-0.15, -0.1) is 0 Å². The van der Waals surface area contributed by atoms with Crippen LogP contribution in [0.5, 0.6) is 0 Å². The molecule has 0 heterocycles. The van der Waals surface area contributed by atoms with Crippen molar-refractivity contribution in [3.8, 4) is 0 Å². The van der Waals surface area contributed by atoms with E-state index in [1.165, 1.54) is 12.1 Å². The van der Waals surface area contributed by atoms with Crippen LogP contribution in [0, 0.1) is 5.82 Å². The summed E-state index contributed by atoms with van der Waals surface area (Å²) in [6, 6.07) is 6.19. The molecule has 1 amide bonds. The molecule has 0 bridgehead atoms. The summed E-state index contributed by atoms with van der Waals surface area (Å²) in [5, 5.41) is 2.66. The number of alkyl halides is 1. The molecule has 1 aromatic carbocycles. The highest BCUT2D eigenvalue weighted by molar-refractivity contribution is 14.1. The molecular weight excluding hydrogens is 284 g/mol. The quantitative estimate of drug-likeness (QED) is 0.669. The number of benzene rings is 1. The van der Waals surface area contributed by atoms with Crippen molar-refractivity contribution in [2.45, 2.75) is 6.54 Å². The normalized spacial score (nSPS) is 9.69. The zero-order chi connectivity index (χ0) is 9.68.